The Morgan fingerprint density at radius 3 is 2.07 bits per heavy atom. The van der Waals surface area contributed by atoms with Gasteiger partial charge in [-0.3, -0.25) is 4.79 Å². The maximum atomic E-state index is 12.6. The SMILES string of the molecule is COc1cc(C(=O)OCC(=O)N(c2ccccc2)C(C)C)cc(OC)c1Br. The van der Waals surface area contributed by atoms with Crippen LogP contribution in [0.5, 0.6) is 11.5 Å². The lowest BCUT2D eigenvalue weighted by Gasteiger charge is -2.26. The molecule has 0 atom stereocenters. The van der Waals surface area contributed by atoms with Gasteiger partial charge in [-0.05, 0) is 54.0 Å². The van der Waals surface area contributed by atoms with Crippen molar-refractivity contribution in [1.82, 2.24) is 0 Å². The number of para-hydroxylation sites is 1. The normalized spacial score (nSPS) is 10.4. The lowest BCUT2D eigenvalue weighted by atomic mass is 10.2. The fourth-order valence-corrected chi connectivity index (χ4v) is 3.14. The number of benzene rings is 2. The monoisotopic (exact) mass is 435 g/mol. The lowest BCUT2D eigenvalue weighted by Crippen LogP contribution is -2.39. The zero-order valence-electron chi connectivity index (χ0n) is 15.7. The average molecular weight is 436 g/mol. The largest absolute Gasteiger partial charge is 0.495 e. The van der Waals surface area contributed by atoms with Crippen LogP contribution >= 0.6 is 15.9 Å². The van der Waals surface area contributed by atoms with Crippen LogP contribution in [0.1, 0.15) is 24.2 Å². The number of rotatable bonds is 7. The molecule has 0 spiro atoms. The van der Waals surface area contributed by atoms with Crippen LogP contribution in [0.25, 0.3) is 0 Å². The molecule has 0 aliphatic rings. The topological polar surface area (TPSA) is 65.1 Å². The molecule has 0 heterocycles. The minimum absolute atomic E-state index is 0.0773. The van der Waals surface area contributed by atoms with Crippen molar-refractivity contribution >= 4 is 33.5 Å². The van der Waals surface area contributed by atoms with Crippen LogP contribution < -0.4 is 14.4 Å². The van der Waals surface area contributed by atoms with E-state index < -0.39 is 5.97 Å². The van der Waals surface area contributed by atoms with Gasteiger partial charge in [0.15, 0.2) is 6.61 Å². The second-order valence-corrected chi connectivity index (χ2v) is 6.76. The minimum atomic E-state index is -0.635. The third kappa shape index (κ3) is 5.01. The van der Waals surface area contributed by atoms with E-state index in [0.717, 1.165) is 5.69 Å². The Morgan fingerprint density at radius 1 is 1.04 bits per heavy atom. The van der Waals surface area contributed by atoms with Crippen molar-refractivity contribution in [3.8, 4) is 11.5 Å². The highest BCUT2D eigenvalue weighted by molar-refractivity contribution is 9.10. The van der Waals surface area contributed by atoms with E-state index in [1.807, 2.05) is 44.2 Å². The maximum absolute atomic E-state index is 12.6. The first-order valence-electron chi connectivity index (χ1n) is 8.34. The number of methoxy groups -OCH3 is 2. The van der Waals surface area contributed by atoms with E-state index in [1.165, 1.54) is 26.4 Å². The van der Waals surface area contributed by atoms with Crippen molar-refractivity contribution in [2.45, 2.75) is 19.9 Å². The molecule has 2 aromatic rings. The molecule has 0 saturated heterocycles. The number of halogens is 1. The van der Waals surface area contributed by atoms with E-state index in [4.69, 9.17) is 14.2 Å². The summed E-state index contributed by atoms with van der Waals surface area (Å²) < 4.78 is 16.3. The van der Waals surface area contributed by atoms with Gasteiger partial charge in [-0.2, -0.15) is 0 Å². The molecular formula is C20H22BrNO5. The molecule has 2 rings (SSSR count). The van der Waals surface area contributed by atoms with Crippen molar-refractivity contribution in [2.75, 3.05) is 25.7 Å². The Balaban J connectivity index is 2.13. The molecule has 0 aliphatic heterocycles. The van der Waals surface area contributed by atoms with E-state index in [1.54, 1.807) is 4.90 Å². The van der Waals surface area contributed by atoms with Crippen molar-refractivity contribution in [3.05, 3.63) is 52.5 Å². The van der Waals surface area contributed by atoms with Crippen LogP contribution in [0, 0.1) is 0 Å². The first-order chi connectivity index (χ1) is 12.9. The molecule has 0 unspecified atom stereocenters. The number of esters is 1. The number of ether oxygens (including phenoxy) is 3. The first kappa shape index (κ1) is 20.8. The third-order valence-corrected chi connectivity index (χ3v) is 4.61. The molecule has 0 fully saturated rings. The molecule has 7 heteroatoms. The summed E-state index contributed by atoms with van der Waals surface area (Å²) in [5, 5.41) is 0. The Morgan fingerprint density at radius 2 is 1.59 bits per heavy atom. The molecule has 0 bridgehead atoms. The Bertz CT molecular complexity index is 782. The number of anilines is 1. The highest BCUT2D eigenvalue weighted by atomic mass is 79.9. The van der Waals surface area contributed by atoms with Crippen LogP contribution in [0.4, 0.5) is 5.69 Å². The average Bonchev–Trinajstić information content (AvgIpc) is 2.67. The molecule has 27 heavy (non-hydrogen) atoms. The van der Waals surface area contributed by atoms with Gasteiger partial charge in [0.05, 0.1) is 19.8 Å². The number of hydrogen-bond donors (Lipinski definition) is 0. The fourth-order valence-electron chi connectivity index (χ4n) is 2.59. The second kappa shape index (κ2) is 9.41. The van der Waals surface area contributed by atoms with E-state index in [-0.39, 0.29) is 24.1 Å². The summed E-state index contributed by atoms with van der Waals surface area (Å²) in [6.45, 7) is 3.43. The van der Waals surface area contributed by atoms with Gasteiger partial charge in [-0.15, -0.1) is 0 Å². The van der Waals surface area contributed by atoms with Crippen LogP contribution in [-0.4, -0.2) is 38.7 Å². The Kier molecular flexibility index (Phi) is 7.24. The summed E-state index contributed by atoms with van der Waals surface area (Å²) in [6, 6.07) is 12.2. The molecule has 0 saturated carbocycles. The summed E-state index contributed by atoms with van der Waals surface area (Å²) in [5.41, 5.74) is 0.982. The fraction of sp³-hybridized carbons (Fsp3) is 0.300. The van der Waals surface area contributed by atoms with E-state index >= 15 is 0 Å². The molecule has 6 nitrogen and oxygen atoms in total. The van der Waals surface area contributed by atoms with Crippen LogP contribution in [0.2, 0.25) is 0 Å². The summed E-state index contributed by atoms with van der Waals surface area (Å²) in [5.74, 6) is -0.0775. The van der Waals surface area contributed by atoms with E-state index in [0.29, 0.717) is 16.0 Å². The quantitative estimate of drug-likeness (QED) is 0.613. The molecule has 0 aliphatic carbocycles. The predicted molar refractivity (Wildman–Crippen MR) is 107 cm³/mol. The summed E-state index contributed by atoms with van der Waals surface area (Å²) in [6.07, 6.45) is 0. The Hall–Kier alpha value is -2.54. The third-order valence-electron chi connectivity index (χ3n) is 3.83. The van der Waals surface area contributed by atoms with Crippen molar-refractivity contribution < 1.29 is 23.8 Å². The van der Waals surface area contributed by atoms with Gasteiger partial charge in [-0.1, -0.05) is 18.2 Å². The van der Waals surface area contributed by atoms with Gasteiger partial charge in [0.1, 0.15) is 16.0 Å². The van der Waals surface area contributed by atoms with E-state index in [2.05, 4.69) is 15.9 Å². The summed E-state index contributed by atoms with van der Waals surface area (Å²) in [4.78, 5) is 26.6. The van der Waals surface area contributed by atoms with E-state index in [9.17, 15) is 9.59 Å². The van der Waals surface area contributed by atoms with Crippen LogP contribution in [0.3, 0.4) is 0 Å². The van der Waals surface area contributed by atoms with Crippen LogP contribution in [-0.2, 0) is 9.53 Å². The van der Waals surface area contributed by atoms with Gasteiger partial charge < -0.3 is 19.1 Å². The molecular weight excluding hydrogens is 414 g/mol. The minimum Gasteiger partial charge on any atom is -0.495 e. The number of carbonyl (C=O) groups is 2. The maximum Gasteiger partial charge on any atom is 0.338 e. The van der Waals surface area contributed by atoms with Crippen molar-refractivity contribution in [1.29, 1.82) is 0 Å². The first-order valence-corrected chi connectivity index (χ1v) is 9.14. The number of hydrogen-bond acceptors (Lipinski definition) is 5. The van der Waals surface area contributed by atoms with Gasteiger partial charge in [0, 0.05) is 11.7 Å². The van der Waals surface area contributed by atoms with Crippen LogP contribution in [0.15, 0.2) is 46.9 Å². The molecule has 2 aromatic carbocycles. The second-order valence-electron chi connectivity index (χ2n) is 5.96. The molecule has 0 aromatic heterocycles. The number of carbonyl (C=O) groups excluding carboxylic acids is 2. The molecule has 0 N–H and O–H groups in total. The van der Waals surface area contributed by atoms with Crippen molar-refractivity contribution in [2.24, 2.45) is 0 Å². The zero-order valence-corrected chi connectivity index (χ0v) is 17.3. The molecule has 1 amide bonds. The van der Waals surface area contributed by atoms with Crippen molar-refractivity contribution in [3.63, 3.8) is 0 Å². The highest BCUT2D eigenvalue weighted by Crippen LogP contribution is 2.35. The smallest absolute Gasteiger partial charge is 0.338 e. The van der Waals surface area contributed by atoms with Gasteiger partial charge in [0.2, 0.25) is 0 Å². The lowest BCUT2D eigenvalue weighted by molar-refractivity contribution is -0.122. The zero-order chi connectivity index (χ0) is 20.0. The highest BCUT2D eigenvalue weighted by Gasteiger charge is 2.22. The number of nitrogens with zero attached hydrogens (tertiary/aromatic N) is 1. The van der Waals surface area contributed by atoms with Gasteiger partial charge >= 0.3 is 5.97 Å². The van der Waals surface area contributed by atoms with Gasteiger partial charge in [0.25, 0.3) is 5.91 Å². The summed E-state index contributed by atoms with van der Waals surface area (Å²) >= 11 is 3.35. The number of amides is 1. The molecule has 0 radical (unpaired) electrons. The molecule has 144 valence electrons. The van der Waals surface area contributed by atoms with Gasteiger partial charge in [-0.25, -0.2) is 4.79 Å². The summed E-state index contributed by atoms with van der Waals surface area (Å²) in [7, 11) is 2.97. The Labute approximate surface area is 167 Å². The standard InChI is InChI=1S/C20H22BrNO5/c1-13(2)22(15-8-6-5-7-9-15)18(23)12-27-20(24)14-10-16(25-3)19(21)17(11-14)26-4/h5-11,13H,12H2,1-4H3. The predicted octanol–water partition coefficient (Wildman–Crippen LogP) is 4.06.